The van der Waals surface area contributed by atoms with Gasteiger partial charge in [-0.05, 0) is 24.3 Å². The first-order chi connectivity index (χ1) is 9.17. The zero-order valence-electron chi connectivity index (χ0n) is 11.0. The van der Waals surface area contributed by atoms with Gasteiger partial charge in [-0.2, -0.15) is 0 Å². The minimum atomic E-state index is -0.0502. The fourth-order valence-electron chi connectivity index (χ4n) is 1.66. The molecule has 0 fully saturated rings. The quantitative estimate of drug-likeness (QED) is 0.897. The molecule has 5 nitrogen and oxygen atoms in total. The van der Waals surface area contributed by atoms with Crippen molar-refractivity contribution in [2.24, 2.45) is 0 Å². The molecule has 0 aliphatic heterocycles. The number of nitrogens with zero attached hydrogens (tertiary/aromatic N) is 1. The van der Waals surface area contributed by atoms with E-state index in [-0.39, 0.29) is 5.91 Å². The van der Waals surface area contributed by atoms with Crippen LogP contribution in [0.15, 0.2) is 34.9 Å². The number of oxazole rings is 1. The molecule has 2 rings (SSSR count). The Morgan fingerprint density at radius 2 is 2.11 bits per heavy atom. The second-order valence-corrected chi connectivity index (χ2v) is 4.13. The number of hydrogen-bond acceptors (Lipinski definition) is 4. The summed E-state index contributed by atoms with van der Waals surface area (Å²) in [5, 5.41) is 2.82. The van der Waals surface area contributed by atoms with Crippen LogP contribution < -0.4 is 10.1 Å². The number of aromatic nitrogens is 1. The Bertz CT molecular complexity index is 546. The standard InChI is InChI=1S/C14H16N2O3/c1-10-15-12(9-19-10)5-8-14(17)16-11-3-6-13(18-2)7-4-11/h3-4,6-7,9H,5,8H2,1-2H3,(H,16,17). The lowest BCUT2D eigenvalue weighted by atomic mass is 10.2. The third-order valence-electron chi connectivity index (χ3n) is 2.65. The Hall–Kier alpha value is -2.30. The van der Waals surface area contributed by atoms with E-state index in [1.807, 2.05) is 0 Å². The van der Waals surface area contributed by atoms with E-state index < -0.39 is 0 Å². The van der Waals surface area contributed by atoms with Crippen molar-refractivity contribution in [2.45, 2.75) is 19.8 Å². The van der Waals surface area contributed by atoms with Gasteiger partial charge in [-0.15, -0.1) is 0 Å². The Labute approximate surface area is 111 Å². The van der Waals surface area contributed by atoms with Crippen LogP contribution in [0, 0.1) is 6.92 Å². The molecule has 0 aliphatic rings. The van der Waals surface area contributed by atoms with Gasteiger partial charge in [0, 0.05) is 25.5 Å². The van der Waals surface area contributed by atoms with Crippen LogP contribution in [-0.4, -0.2) is 18.0 Å². The van der Waals surface area contributed by atoms with Crippen molar-refractivity contribution >= 4 is 11.6 Å². The number of hydrogen-bond donors (Lipinski definition) is 1. The van der Waals surface area contributed by atoms with Crippen molar-refractivity contribution in [3.8, 4) is 5.75 Å². The number of ether oxygens (including phenoxy) is 1. The summed E-state index contributed by atoms with van der Waals surface area (Å²) in [6, 6.07) is 7.21. The highest BCUT2D eigenvalue weighted by atomic mass is 16.5. The smallest absolute Gasteiger partial charge is 0.224 e. The maximum absolute atomic E-state index is 11.7. The molecule has 1 aromatic heterocycles. The summed E-state index contributed by atoms with van der Waals surface area (Å²) in [6.07, 6.45) is 2.52. The average Bonchev–Trinajstić information content (AvgIpc) is 2.83. The van der Waals surface area contributed by atoms with E-state index in [9.17, 15) is 4.79 Å². The average molecular weight is 260 g/mol. The van der Waals surface area contributed by atoms with Crippen molar-refractivity contribution in [1.82, 2.24) is 4.98 Å². The number of carbonyl (C=O) groups is 1. The topological polar surface area (TPSA) is 64.4 Å². The van der Waals surface area contributed by atoms with Gasteiger partial charge in [0.15, 0.2) is 5.89 Å². The van der Waals surface area contributed by atoms with E-state index >= 15 is 0 Å². The van der Waals surface area contributed by atoms with Crippen molar-refractivity contribution in [3.05, 3.63) is 42.1 Å². The monoisotopic (exact) mass is 260 g/mol. The van der Waals surface area contributed by atoms with Crippen molar-refractivity contribution in [1.29, 1.82) is 0 Å². The summed E-state index contributed by atoms with van der Waals surface area (Å²) in [6.45, 7) is 1.78. The molecule has 1 heterocycles. The molecule has 0 spiro atoms. The molecular weight excluding hydrogens is 244 g/mol. The lowest BCUT2D eigenvalue weighted by Crippen LogP contribution is -2.12. The van der Waals surface area contributed by atoms with E-state index in [1.165, 1.54) is 0 Å². The van der Waals surface area contributed by atoms with Gasteiger partial charge in [-0.1, -0.05) is 0 Å². The number of rotatable bonds is 5. The van der Waals surface area contributed by atoms with Gasteiger partial charge in [0.2, 0.25) is 5.91 Å². The van der Waals surface area contributed by atoms with E-state index in [4.69, 9.17) is 9.15 Å². The second-order valence-electron chi connectivity index (χ2n) is 4.13. The number of amides is 1. The van der Waals surface area contributed by atoms with Gasteiger partial charge in [-0.25, -0.2) is 4.98 Å². The highest BCUT2D eigenvalue weighted by Crippen LogP contribution is 2.15. The van der Waals surface area contributed by atoms with Crippen LogP contribution in [0.25, 0.3) is 0 Å². The maximum Gasteiger partial charge on any atom is 0.224 e. The predicted octanol–water partition coefficient (Wildman–Crippen LogP) is 2.56. The molecule has 1 amide bonds. The van der Waals surface area contributed by atoms with E-state index in [0.29, 0.717) is 18.7 Å². The van der Waals surface area contributed by atoms with Crippen molar-refractivity contribution in [3.63, 3.8) is 0 Å². The first-order valence-corrected chi connectivity index (χ1v) is 6.02. The molecule has 0 saturated carbocycles. The molecule has 0 aliphatic carbocycles. The molecule has 0 unspecified atom stereocenters. The highest BCUT2D eigenvalue weighted by molar-refractivity contribution is 5.90. The van der Waals surface area contributed by atoms with Crippen molar-refractivity contribution in [2.75, 3.05) is 12.4 Å². The van der Waals surface area contributed by atoms with Gasteiger partial charge in [-0.3, -0.25) is 4.79 Å². The van der Waals surface area contributed by atoms with E-state index in [2.05, 4.69) is 10.3 Å². The third kappa shape index (κ3) is 3.84. The lowest BCUT2D eigenvalue weighted by Gasteiger charge is -2.05. The normalized spacial score (nSPS) is 10.2. The highest BCUT2D eigenvalue weighted by Gasteiger charge is 2.06. The van der Waals surface area contributed by atoms with Gasteiger partial charge in [0.25, 0.3) is 0 Å². The fraction of sp³-hybridized carbons (Fsp3) is 0.286. The Morgan fingerprint density at radius 3 is 2.68 bits per heavy atom. The number of anilines is 1. The van der Waals surface area contributed by atoms with Crippen LogP contribution in [0.3, 0.4) is 0 Å². The summed E-state index contributed by atoms with van der Waals surface area (Å²) in [5.41, 5.74) is 1.55. The van der Waals surface area contributed by atoms with E-state index in [1.54, 1.807) is 44.6 Å². The van der Waals surface area contributed by atoms with Crippen LogP contribution in [0.4, 0.5) is 5.69 Å². The molecule has 2 aromatic rings. The van der Waals surface area contributed by atoms with Gasteiger partial charge >= 0.3 is 0 Å². The number of benzene rings is 1. The zero-order chi connectivity index (χ0) is 13.7. The Balaban J connectivity index is 1.83. The lowest BCUT2D eigenvalue weighted by molar-refractivity contribution is -0.116. The molecule has 100 valence electrons. The summed E-state index contributed by atoms with van der Waals surface area (Å²) >= 11 is 0. The number of carbonyl (C=O) groups excluding carboxylic acids is 1. The molecule has 0 bridgehead atoms. The summed E-state index contributed by atoms with van der Waals surface area (Å²) in [5.74, 6) is 1.33. The minimum absolute atomic E-state index is 0.0502. The second kappa shape index (κ2) is 6.04. The summed E-state index contributed by atoms with van der Waals surface area (Å²) < 4.78 is 10.1. The molecule has 0 saturated heterocycles. The molecule has 0 atom stereocenters. The van der Waals surface area contributed by atoms with Crippen LogP contribution in [-0.2, 0) is 11.2 Å². The summed E-state index contributed by atoms with van der Waals surface area (Å²) in [4.78, 5) is 15.9. The van der Waals surface area contributed by atoms with Gasteiger partial charge in [0.1, 0.15) is 12.0 Å². The minimum Gasteiger partial charge on any atom is -0.497 e. The molecule has 1 aromatic carbocycles. The Morgan fingerprint density at radius 1 is 1.37 bits per heavy atom. The summed E-state index contributed by atoms with van der Waals surface area (Å²) in [7, 11) is 1.60. The fourth-order valence-corrected chi connectivity index (χ4v) is 1.66. The zero-order valence-corrected chi connectivity index (χ0v) is 11.0. The maximum atomic E-state index is 11.7. The number of aryl methyl sites for hydroxylation is 2. The van der Waals surface area contributed by atoms with Gasteiger partial charge < -0.3 is 14.5 Å². The van der Waals surface area contributed by atoms with Crippen molar-refractivity contribution < 1.29 is 13.9 Å². The van der Waals surface area contributed by atoms with Crippen LogP contribution in [0.1, 0.15) is 18.0 Å². The first-order valence-electron chi connectivity index (χ1n) is 6.02. The number of nitrogens with one attached hydrogen (secondary N) is 1. The van der Waals surface area contributed by atoms with Crippen LogP contribution in [0.2, 0.25) is 0 Å². The van der Waals surface area contributed by atoms with E-state index in [0.717, 1.165) is 17.1 Å². The predicted molar refractivity (Wildman–Crippen MR) is 71.2 cm³/mol. The Kier molecular flexibility index (Phi) is 4.18. The molecular formula is C14H16N2O3. The first kappa shape index (κ1) is 13.1. The van der Waals surface area contributed by atoms with Gasteiger partial charge in [0.05, 0.1) is 12.8 Å². The third-order valence-corrected chi connectivity index (χ3v) is 2.65. The molecule has 0 radical (unpaired) electrons. The SMILES string of the molecule is COc1ccc(NC(=O)CCc2coc(C)n2)cc1. The van der Waals surface area contributed by atoms with Crippen LogP contribution >= 0.6 is 0 Å². The molecule has 1 N–H and O–H groups in total. The molecule has 5 heteroatoms. The largest absolute Gasteiger partial charge is 0.497 e. The van der Waals surface area contributed by atoms with Crippen LogP contribution in [0.5, 0.6) is 5.75 Å². The molecule has 19 heavy (non-hydrogen) atoms. The number of methoxy groups -OCH3 is 1.